The summed E-state index contributed by atoms with van der Waals surface area (Å²) < 4.78 is 0. The predicted molar refractivity (Wildman–Crippen MR) is 61.9 cm³/mol. The van der Waals surface area contributed by atoms with E-state index >= 15 is 0 Å². The van der Waals surface area contributed by atoms with Gasteiger partial charge in [0.2, 0.25) is 0 Å². The van der Waals surface area contributed by atoms with Crippen LogP contribution in [0.3, 0.4) is 0 Å². The Labute approximate surface area is 90.2 Å². The molecule has 1 saturated heterocycles. The van der Waals surface area contributed by atoms with Crippen molar-refractivity contribution in [3.8, 4) is 0 Å². The molecule has 0 N–H and O–H groups in total. The number of Topliss-reactive ketones (excluding diaryl/α,β-unsaturated/α-hetero) is 1. The molecular weight excluding hydrogens is 186 g/mol. The Morgan fingerprint density at radius 2 is 2.00 bits per heavy atom. The summed E-state index contributed by atoms with van der Waals surface area (Å²) in [7, 11) is 0. The molecule has 0 aliphatic carbocycles. The summed E-state index contributed by atoms with van der Waals surface area (Å²) >= 11 is 0. The molecule has 0 bridgehead atoms. The molecule has 0 spiro atoms. The summed E-state index contributed by atoms with van der Waals surface area (Å²) in [6.07, 6.45) is 1.42. The molecule has 0 atom stereocenters. The number of allylic oxidation sites excluding steroid dienone is 1. The van der Waals surface area contributed by atoms with Crippen LogP contribution in [-0.2, 0) is 4.79 Å². The van der Waals surface area contributed by atoms with Crippen LogP contribution in [0.1, 0.15) is 18.4 Å². The van der Waals surface area contributed by atoms with Crippen molar-refractivity contribution in [2.45, 2.75) is 19.8 Å². The highest BCUT2D eigenvalue weighted by Crippen LogP contribution is 2.27. The molecule has 0 saturated carbocycles. The highest BCUT2D eigenvalue weighted by Gasteiger charge is 2.21. The van der Waals surface area contributed by atoms with E-state index in [1.165, 1.54) is 5.56 Å². The van der Waals surface area contributed by atoms with Gasteiger partial charge in [-0.05, 0) is 25.0 Å². The average molecular weight is 201 g/mol. The first-order valence-corrected chi connectivity index (χ1v) is 5.21. The summed E-state index contributed by atoms with van der Waals surface area (Å²) in [6.45, 7) is 6.55. The number of hydrogen-bond donors (Lipinski definition) is 0. The van der Waals surface area contributed by atoms with Gasteiger partial charge in [0.1, 0.15) is 0 Å². The third kappa shape index (κ3) is 1.94. The second-order valence-corrected chi connectivity index (χ2v) is 3.98. The normalized spacial score (nSPS) is 17.0. The zero-order valence-corrected chi connectivity index (χ0v) is 8.99. The van der Waals surface area contributed by atoms with E-state index in [9.17, 15) is 4.79 Å². The van der Waals surface area contributed by atoms with Gasteiger partial charge in [-0.25, -0.2) is 0 Å². The Kier molecular flexibility index (Phi) is 2.58. The van der Waals surface area contributed by atoms with E-state index in [0.717, 1.165) is 17.8 Å². The van der Waals surface area contributed by atoms with E-state index in [2.05, 4.69) is 19.6 Å². The van der Waals surface area contributed by atoms with E-state index in [1.807, 2.05) is 23.1 Å². The highest BCUT2D eigenvalue weighted by molar-refractivity contribution is 5.86. The van der Waals surface area contributed by atoms with Crippen LogP contribution in [0.5, 0.6) is 0 Å². The molecule has 0 aromatic heterocycles. The van der Waals surface area contributed by atoms with Gasteiger partial charge in [-0.1, -0.05) is 24.8 Å². The largest absolute Gasteiger partial charge is 0.338 e. The fourth-order valence-electron chi connectivity index (χ4n) is 1.91. The van der Waals surface area contributed by atoms with Crippen LogP contribution in [0.4, 0.5) is 5.69 Å². The van der Waals surface area contributed by atoms with Crippen molar-refractivity contribution < 1.29 is 4.79 Å². The molecule has 1 aromatic rings. The third-order valence-corrected chi connectivity index (χ3v) is 2.81. The van der Waals surface area contributed by atoms with Gasteiger partial charge in [0.05, 0.1) is 6.54 Å². The molecule has 1 fully saturated rings. The molecule has 0 unspecified atom stereocenters. The zero-order valence-electron chi connectivity index (χ0n) is 8.99. The molecule has 2 heteroatoms. The van der Waals surface area contributed by atoms with Gasteiger partial charge in [0.15, 0.2) is 5.78 Å². The Hall–Kier alpha value is -1.57. The van der Waals surface area contributed by atoms with Crippen molar-refractivity contribution in [2.75, 3.05) is 11.4 Å². The molecule has 1 aliphatic rings. The number of carbonyl (C=O) groups excluding carboxylic acids is 1. The zero-order chi connectivity index (χ0) is 10.8. The van der Waals surface area contributed by atoms with E-state index in [0.29, 0.717) is 18.7 Å². The first kappa shape index (κ1) is 9.97. The molecule has 78 valence electrons. The number of aryl methyl sites for hydroxylation is 1. The molecule has 1 heterocycles. The number of rotatable bonds is 1. The second-order valence-electron chi connectivity index (χ2n) is 3.98. The van der Waals surface area contributed by atoms with E-state index in [4.69, 9.17) is 0 Å². The lowest BCUT2D eigenvalue weighted by Gasteiger charge is -2.31. The van der Waals surface area contributed by atoms with Crippen molar-refractivity contribution >= 4 is 11.5 Å². The van der Waals surface area contributed by atoms with Gasteiger partial charge >= 0.3 is 0 Å². The fraction of sp³-hybridized carbons (Fsp3) is 0.308. The quantitative estimate of drug-likeness (QED) is 0.696. The van der Waals surface area contributed by atoms with Gasteiger partial charge in [-0.2, -0.15) is 0 Å². The summed E-state index contributed by atoms with van der Waals surface area (Å²) in [5.74, 6) is 0.297. The topological polar surface area (TPSA) is 20.3 Å². The van der Waals surface area contributed by atoms with Crippen LogP contribution in [0.15, 0.2) is 36.5 Å². The van der Waals surface area contributed by atoms with Gasteiger partial charge in [0.25, 0.3) is 0 Å². The molecular formula is C13H15NO. The SMILES string of the molecule is C=C1CCC(=O)CN1c1ccccc1C. The van der Waals surface area contributed by atoms with Crippen LogP contribution < -0.4 is 4.90 Å². The minimum atomic E-state index is 0.297. The lowest BCUT2D eigenvalue weighted by molar-refractivity contribution is -0.118. The number of nitrogens with zero attached hydrogens (tertiary/aromatic N) is 1. The molecule has 1 aliphatic heterocycles. The van der Waals surface area contributed by atoms with Gasteiger partial charge < -0.3 is 4.90 Å². The molecule has 0 amide bonds. The minimum absolute atomic E-state index is 0.297. The molecule has 0 radical (unpaired) electrons. The molecule has 2 rings (SSSR count). The summed E-state index contributed by atoms with van der Waals surface area (Å²) in [4.78, 5) is 13.4. The maximum absolute atomic E-state index is 11.4. The number of hydrogen-bond acceptors (Lipinski definition) is 2. The average Bonchev–Trinajstić information content (AvgIpc) is 2.23. The van der Waals surface area contributed by atoms with Gasteiger partial charge in [-0.15, -0.1) is 0 Å². The summed E-state index contributed by atoms with van der Waals surface area (Å²) in [6, 6.07) is 8.10. The predicted octanol–water partition coefficient (Wildman–Crippen LogP) is 2.68. The van der Waals surface area contributed by atoms with Crippen LogP contribution in [0.2, 0.25) is 0 Å². The highest BCUT2D eigenvalue weighted by atomic mass is 16.1. The second kappa shape index (κ2) is 3.89. The maximum Gasteiger partial charge on any atom is 0.152 e. The van der Waals surface area contributed by atoms with Crippen LogP contribution >= 0.6 is 0 Å². The monoisotopic (exact) mass is 201 g/mol. The van der Waals surface area contributed by atoms with Gasteiger partial charge in [-0.3, -0.25) is 4.79 Å². The van der Waals surface area contributed by atoms with Crippen molar-refractivity contribution in [3.05, 3.63) is 42.1 Å². The van der Waals surface area contributed by atoms with Crippen molar-refractivity contribution in [2.24, 2.45) is 0 Å². The minimum Gasteiger partial charge on any atom is -0.338 e. The van der Waals surface area contributed by atoms with Crippen molar-refractivity contribution in [1.82, 2.24) is 0 Å². The molecule has 15 heavy (non-hydrogen) atoms. The van der Waals surface area contributed by atoms with Crippen molar-refractivity contribution in [1.29, 1.82) is 0 Å². The van der Waals surface area contributed by atoms with E-state index in [-0.39, 0.29) is 0 Å². The summed E-state index contributed by atoms with van der Waals surface area (Å²) in [5, 5.41) is 0. The smallest absolute Gasteiger partial charge is 0.152 e. The van der Waals surface area contributed by atoms with Crippen molar-refractivity contribution in [3.63, 3.8) is 0 Å². The molecule has 1 aromatic carbocycles. The number of piperidine rings is 1. The van der Waals surface area contributed by atoms with Crippen LogP contribution in [-0.4, -0.2) is 12.3 Å². The molecule has 2 nitrogen and oxygen atoms in total. The van der Waals surface area contributed by atoms with Crippen LogP contribution in [0, 0.1) is 6.92 Å². The number of anilines is 1. The Morgan fingerprint density at radius 3 is 2.73 bits per heavy atom. The lowest BCUT2D eigenvalue weighted by atomic mass is 10.0. The lowest BCUT2D eigenvalue weighted by Crippen LogP contribution is -2.33. The number of benzene rings is 1. The maximum atomic E-state index is 11.4. The number of ketones is 1. The first-order valence-electron chi connectivity index (χ1n) is 5.21. The first-order chi connectivity index (χ1) is 7.18. The van der Waals surface area contributed by atoms with Crippen LogP contribution in [0.25, 0.3) is 0 Å². The number of carbonyl (C=O) groups is 1. The van der Waals surface area contributed by atoms with E-state index in [1.54, 1.807) is 0 Å². The third-order valence-electron chi connectivity index (χ3n) is 2.81. The Balaban J connectivity index is 2.33. The Morgan fingerprint density at radius 1 is 1.27 bits per heavy atom. The van der Waals surface area contributed by atoms with Gasteiger partial charge in [0, 0.05) is 17.8 Å². The number of para-hydroxylation sites is 1. The Bertz CT molecular complexity index is 409. The summed E-state index contributed by atoms with van der Waals surface area (Å²) in [5.41, 5.74) is 3.34. The van der Waals surface area contributed by atoms with E-state index < -0.39 is 0 Å². The standard InChI is InChI=1S/C13H15NO/c1-10-5-3-4-6-13(10)14-9-12(15)8-7-11(14)2/h3-6H,2,7-9H2,1H3. The fourth-order valence-corrected chi connectivity index (χ4v) is 1.91.